The third-order valence-corrected chi connectivity index (χ3v) is 4.92. The van der Waals surface area contributed by atoms with Crippen molar-refractivity contribution in [1.29, 1.82) is 0 Å². The van der Waals surface area contributed by atoms with Crippen LogP contribution in [0.25, 0.3) is 0 Å². The summed E-state index contributed by atoms with van der Waals surface area (Å²) in [5.74, 6) is -2.16. The summed E-state index contributed by atoms with van der Waals surface area (Å²) in [6, 6.07) is 5.79. The number of carbonyl (C=O) groups is 2. The van der Waals surface area contributed by atoms with Crippen LogP contribution in [0.15, 0.2) is 47.3 Å². The molecule has 1 saturated heterocycles. The molecule has 0 amide bonds. The Hall–Kier alpha value is -2.52. The minimum absolute atomic E-state index is 0.168. The van der Waals surface area contributed by atoms with Crippen LogP contribution < -0.4 is 5.32 Å². The third kappa shape index (κ3) is 3.60. The van der Waals surface area contributed by atoms with Crippen LogP contribution in [0.5, 0.6) is 0 Å². The van der Waals surface area contributed by atoms with Gasteiger partial charge in [0.15, 0.2) is 5.78 Å². The summed E-state index contributed by atoms with van der Waals surface area (Å²) < 4.78 is 46.6. The van der Waals surface area contributed by atoms with Gasteiger partial charge in [0.05, 0.1) is 17.8 Å². The largest absolute Gasteiger partial charge is 0.462 e. The van der Waals surface area contributed by atoms with Gasteiger partial charge in [-0.2, -0.15) is 13.2 Å². The standard InChI is InChI=1S/C19H18ClF3N2O4/c1-2-29-17(27)14-10-13(15(26)11-4-6-12(20)7-5-11)16-24-8-3-9-25(16)18(14,28)19(21,22)23/h4-7,10,24,28H,2-3,8-9H2,1H3. The molecule has 156 valence electrons. The second-order valence-corrected chi connectivity index (χ2v) is 6.92. The van der Waals surface area contributed by atoms with E-state index >= 15 is 0 Å². The van der Waals surface area contributed by atoms with Gasteiger partial charge in [-0.05, 0) is 43.7 Å². The normalized spacial score (nSPS) is 21.9. The van der Waals surface area contributed by atoms with E-state index in [1.54, 1.807) is 0 Å². The van der Waals surface area contributed by atoms with Crippen LogP contribution in [0.3, 0.4) is 0 Å². The number of hydrogen-bond acceptors (Lipinski definition) is 6. The maximum atomic E-state index is 14.0. The first kappa shape index (κ1) is 21.2. The number of alkyl halides is 3. The molecule has 0 bridgehead atoms. The molecule has 1 unspecified atom stereocenters. The maximum Gasteiger partial charge on any atom is 0.441 e. The number of fused-ring (bicyclic) bond motifs is 1. The summed E-state index contributed by atoms with van der Waals surface area (Å²) in [5.41, 5.74) is -4.69. The zero-order valence-corrected chi connectivity index (χ0v) is 16.1. The summed E-state index contributed by atoms with van der Waals surface area (Å²) in [5, 5.41) is 13.8. The van der Waals surface area contributed by atoms with Crippen molar-refractivity contribution in [3.63, 3.8) is 0 Å². The van der Waals surface area contributed by atoms with Gasteiger partial charge in [-0.3, -0.25) is 4.79 Å². The molecule has 3 rings (SSSR count). The van der Waals surface area contributed by atoms with Crippen molar-refractivity contribution in [2.45, 2.75) is 25.2 Å². The number of hydrogen-bond donors (Lipinski definition) is 2. The van der Waals surface area contributed by atoms with Gasteiger partial charge in [0.1, 0.15) is 5.82 Å². The van der Waals surface area contributed by atoms with Gasteiger partial charge in [-0.15, -0.1) is 0 Å². The Morgan fingerprint density at radius 3 is 2.55 bits per heavy atom. The van der Waals surface area contributed by atoms with E-state index in [0.29, 0.717) is 16.5 Å². The van der Waals surface area contributed by atoms with Crippen molar-refractivity contribution < 1.29 is 32.6 Å². The van der Waals surface area contributed by atoms with Gasteiger partial charge >= 0.3 is 12.1 Å². The summed E-state index contributed by atoms with van der Waals surface area (Å²) in [6.07, 6.45) is -4.20. The summed E-state index contributed by atoms with van der Waals surface area (Å²) in [6.45, 7) is 1.32. The molecule has 2 N–H and O–H groups in total. The number of esters is 1. The highest BCUT2D eigenvalue weighted by Crippen LogP contribution is 2.45. The zero-order valence-electron chi connectivity index (χ0n) is 15.3. The number of carbonyl (C=O) groups excluding carboxylic acids is 2. The van der Waals surface area contributed by atoms with E-state index in [9.17, 15) is 27.9 Å². The van der Waals surface area contributed by atoms with E-state index in [-0.39, 0.29) is 36.5 Å². The number of Topliss-reactive ketones (excluding diaryl/α,β-unsaturated/α-hetero) is 1. The average Bonchev–Trinajstić information content (AvgIpc) is 2.68. The maximum absolute atomic E-state index is 14.0. The molecule has 2 aliphatic rings. The first-order valence-electron chi connectivity index (χ1n) is 8.85. The molecule has 6 nitrogen and oxygen atoms in total. The molecule has 1 aromatic rings. The van der Waals surface area contributed by atoms with Gasteiger partial charge in [-0.25, -0.2) is 4.79 Å². The summed E-state index contributed by atoms with van der Waals surface area (Å²) >= 11 is 5.82. The van der Waals surface area contributed by atoms with E-state index in [0.717, 1.165) is 6.08 Å². The molecule has 2 aliphatic heterocycles. The summed E-state index contributed by atoms with van der Waals surface area (Å²) in [4.78, 5) is 26.0. The smallest absolute Gasteiger partial charge is 0.441 e. The molecule has 0 saturated carbocycles. The fourth-order valence-electron chi connectivity index (χ4n) is 3.32. The predicted octanol–water partition coefficient (Wildman–Crippen LogP) is 2.78. The average molecular weight is 431 g/mol. The van der Waals surface area contributed by atoms with Crippen molar-refractivity contribution in [3.05, 3.63) is 57.9 Å². The second kappa shape index (κ2) is 7.72. The van der Waals surface area contributed by atoms with Gasteiger partial charge in [0.2, 0.25) is 0 Å². The lowest BCUT2D eigenvalue weighted by Gasteiger charge is -2.48. The molecular weight excluding hydrogens is 413 g/mol. The molecule has 0 spiro atoms. The highest BCUT2D eigenvalue weighted by atomic mass is 35.5. The Morgan fingerprint density at radius 1 is 1.31 bits per heavy atom. The zero-order chi connectivity index (χ0) is 21.4. The fourth-order valence-corrected chi connectivity index (χ4v) is 3.45. The minimum Gasteiger partial charge on any atom is -0.462 e. The topological polar surface area (TPSA) is 78.9 Å². The van der Waals surface area contributed by atoms with Crippen LogP contribution in [-0.2, 0) is 9.53 Å². The number of ether oxygens (including phenoxy) is 1. The number of benzene rings is 1. The van der Waals surface area contributed by atoms with Crippen LogP contribution in [0.4, 0.5) is 13.2 Å². The number of ketones is 1. The Balaban J connectivity index is 2.20. The van der Waals surface area contributed by atoms with Crippen molar-refractivity contribution >= 4 is 23.4 Å². The van der Waals surface area contributed by atoms with Crippen molar-refractivity contribution in [2.75, 3.05) is 19.7 Å². The van der Waals surface area contributed by atoms with Crippen molar-refractivity contribution in [3.8, 4) is 0 Å². The van der Waals surface area contributed by atoms with Crippen LogP contribution in [-0.4, -0.2) is 53.4 Å². The first-order valence-corrected chi connectivity index (χ1v) is 9.23. The molecule has 29 heavy (non-hydrogen) atoms. The number of halogens is 4. The van der Waals surface area contributed by atoms with E-state index in [2.05, 4.69) is 5.32 Å². The van der Waals surface area contributed by atoms with Gasteiger partial charge in [0.25, 0.3) is 5.72 Å². The molecule has 2 heterocycles. The van der Waals surface area contributed by atoms with E-state index in [1.165, 1.54) is 31.2 Å². The predicted molar refractivity (Wildman–Crippen MR) is 97.9 cm³/mol. The Morgan fingerprint density at radius 2 is 1.97 bits per heavy atom. The Labute approximate surface area is 169 Å². The number of nitrogens with one attached hydrogen (secondary N) is 1. The molecular formula is C19H18ClF3N2O4. The molecule has 10 heteroatoms. The lowest BCUT2D eigenvalue weighted by atomic mass is 9.89. The number of allylic oxidation sites excluding steroid dienone is 2. The van der Waals surface area contributed by atoms with Crippen LogP contribution in [0, 0.1) is 0 Å². The highest BCUT2D eigenvalue weighted by molar-refractivity contribution is 6.30. The molecule has 1 aromatic carbocycles. The summed E-state index contributed by atoms with van der Waals surface area (Å²) in [7, 11) is 0. The molecule has 0 aliphatic carbocycles. The second-order valence-electron chi connectivity index (χ2n) is 6.48. The minimum atomic E-state index is -5.22. The fraction of sp³-hybridized carbons (Fsp3) is 0.368. The Kier molecular flexibility index (Phi) is 5.64. The van der Waals surface area contributed by atoms with Crippen LogP contribution >= 0.6 is 11.6 Å². The molecule has 1 atom stereocenters. The van der Waals surface area contributed by atoms with Crippen LogP contribution in [0.2, 0.25) is 5.02 Å². The third-order valence-electron chi connectivity index (χ3n) is 4.67. The highest BCUT2D eigenvalue weighted by Gasteiger charge is 2.65. The number of nitrogens with zero attached hydrogens (tertiary/aromatic N) is 1. The lowest BCUT2D eigenvalue weighted by molar-refractivity contribution is -0.295. The Bertz CT molecular complexity index is 896. The lowest BCUT2D eigenvalue weighted by Crippen LogP contribution is -2.65. The van der Waals surface area contributed by atoms with Gasteiger partial charge < -0.3 is 20.1 Å². The molecule has 0 aromatic heterocycles. The molecule has 1 fully saturated rings. The first-order chi connectivity index (χ1) is 13.6. The van der Waals surface area contributed by atoms with Crippen molar-refractivity contribution in [1.82, 2.24) is 10.2 Å². The molecule has 0 radical (unpaired) electrons. The quantitative estimate of drug-likeness (QED) is 0.565. The van der Waals surface area contributed by atoms with Gasteiger partial charge in [0, 0.05) is 23.7 Å². The monoisotopic (exact) mass is 430 g/mol. The number of aliphatic hydroxyl groups is 1. The van der Waals surface area contributed by atoms with E-state index in [4.69, 9.17) is 16.3 Å². The van der Waals surface area contributed by atoms with Crippen LogP contribution in [0.1, 0.15) is 23.7 Å². The number of rotatable bonds is 4. The van der Waals surface area contributed by atoms with Gasteiger partial charge in [-0.1, -0.05) is 11.6 Å². The van der Waals surface area contributed by atoms with E-state index < -0.39 is 29.2 Å². The van der Waals surface area contributed by atoms with E-state index in [1.807, 2.05) is 0 Å². The van der Waals surface area contributed by atoms with Crippen molar-refractivity contribution in [2.24, 2.45) is 0 Å². The SMILES string of the molecule is CCOC(=O)C1=CC(C(=O)c2ccc(Cl)cc2)=C2NCCCN2C1(O)C(F)(F)F.